The second-order valence-corrected chi connectivity index (χ2v) is 4.04. The Balaban J connectivity index is 2.35. The molecule has 4 nitrogen and oxygen atoms in total. The van der Waals surface area contributed by atoms with Gasteiger partial charge >= 0.3 is 0 Å². The highest BCUT2D eigenvalue weighted by atomic mass is 19.2. The van der Waals surface area contributed by atoms with E-state index in [1.807, 2.05) is 5.32 Å². The van der Waals surface area contributed by atoms with Crippen molar-refractivity contribution in [2.24, 2.45) is 0 Å². The molecule has 1 unspecified atom stereocenters. The molecule has 2 amide bonds. The van der Waals surface area contributed by atoms with Gasteiger partial charge in [-0.25, -0.2) is 17.6 Å². The number of rotatable bonds is 2. The number of likely N-dealkylation sites (tertiary alicyclic amines) is 1. The summed E-state index contributed by atoms with van der Waals surface area (Å²) < 4.78 is 52.6. The number of imide groups is 1. The largest absolute Gasteiger partial charge is 0.368 e. The molecule has 0 radical (unpaired) electrons. The van der Waals surface area contributed by atoms with Gasteiger partial charge in [0.15, 0.2) is 23.3 Å². The van der Waals surface area contributed by atoms with E-state index in [4.69, 9.17) is 0 Å². The Kier molecular flexibility index (Phi) is 3.17. The average Bonchev–Trinajstić information content (AvgIpc) is 2.60. The summed E-state index contributed by atoms with van der Waals surface area (Å²) in [5.74, 6) is -7.76. The van der Waals surface area contributed by atoms with Crippen molar-refractivity contribution in [3.8, 4) is 0 Å². The molecule has 1 saturated heterocycles. The van der Waals surface area contributed by atoms with Gasteiger partial charge in [0.05, 0.1) is 6.42 Å². The minimum atomic E-state index is -1.64. The standard InChI is InChI=1S/C11H8F4N2O2/c1-17-7(18)3-6(11(17)19)16-10-8(14)4(12)2-5(13)9(10)15/h2,6,16H,3H2,1H3. The smallest absolute Gasteiger partial charge is 0.251 e. The molecule has 1 aliphatic rings. The van der Waals surface area contributed by atoms with Crippen molar-refractivity contribution in [1.29, 1.82) is 0 Å². The van der Waals surface area contributed by atoms with Crippen LogP contribution in [0, 0.1) is 23.3 Å². The number of carbonyl (C=O) groups excluding carboxylic acids is 2. The van der Waals surface area contributed by atoms with Crippen LogP contribution >= 0.6 is 0 Å². The number of carbonyl (C=O) groups is 2. The lowest BCUT2D eigenvalue weighted by atomic mass is 10.2. The zero-order valence-electron chi connectivity index (χ0n) is 9.64. The normalized spacial score (nSPS) is 19.2. The molecule has 8 heteroatoms. The van der Waals surface area contributed by atoms with Crippen LogP contribution < -0.4 is 5.32 Å². The molecule has 1 aliphatic heterocycles. The molecule has 1 atom stereocenters. The summed E-state index contributed by atoms with van der Waals surface area (Å²) in [5, 5.41) is 2.03. The first-order valence-corrected chi connectivity index (χ1v) is 5.23. The Morgan fingerprint density at radius 3 is 2.11 bits per heavy atom. The number of nitrogens with one attached hydrogen (secondary N) is 1. The van der Waals surface area contributed by atoms with E-state index in [0.29, 0.717) is 0 Å². The van der Waals surface area contributed by atoms with Gasteiger partial charge in [-0.1, -0.05) is 0 Å². The molecule has 0 saturated carbocycles. The van der Waals surface area contributed by atoms with Crippen LogP contribution in [-0.4, -0.2) is 29.8 Å². The highest BCUT2D eigenvalue weighted by molar-refractivity contribution is 6.06. The lowest BCUT2D eigenvalue weighted by molar-refractivity contribution is -0.136. The van der Waals surface area contributed by atoms with Gasteiger partial charge < -0.3 is 5.32 Å². The van der Waals surface area contributed by atoms with Crippen LogP contribution in [0.4, 0.5) is 23.2 Å². The highest BCUT2D eigenvalue weighted by Crippen LogP contribution is 2.26. The summed E-state index contributed by atoms with van der Waals surface area (Å²) in [6.45, 7) is 0. The van der Waals surface area contributed by atoms with E-state index in [0.717, 1.165) is 4.90 Å². The van der Waals surface area contributed by atoms with E-state index in [-0.39, 0.29) is 12.5 Å². The van der Waals surface area contributed by atoms with Gasteiger partial charge in [-0.15, -0.1) is 0 Å². The van der Waals surface area contributed by atoms with E-state index in [1.165, 1.54) is 7.05 Å². The summed E-state index contributed by atoms with van der Waals surface area (Å²) >= 11 is 0. The second kappa shape index (κ2) is 4.52. The van der Waals surface area contributed by atoms with Crippen LogP contribution in [0.5, 0.6) is 0 Å². The predicted molar refractivity (Wildman–Crippen MR) is 56.1 cm³/mol. The van der Waals surface area contributed by atoms with Gasteiger partial charge in [0, 0.05) is 13.1 Å². The minimum absolute atomic E-state index is 0.0591. The Morgan fingerprint density at radius 2 is 1.68 bits per heavy atom. The van der Waals surface area contributed by atoms with Crippen LogP contribution in [0.15, 0.2) is 6.07 Å². The third kappa shape index (κ3) is 2.13. The second-order valence-electron chi connectivity index (χ2n) is 4.04. The fraction of sp³-hybridized carbons (Fsp3) is 0.273. The third-order valence-electron chi connectivity index (χ3n) is 2.81. The summed E-state index contributed by atoms with van der Waals surface area (Å²) in [7, 11) is 1.20. The average molecular weight is 276 g/mol. The molecule has 1 aromatic rings. The molecule has 102 valence electrons. The van der Waals surface area contributed by atoms with E-state index in [9.17, 15) is 27.2 Å². The van der Waals surface area contributed by atoms with Gasteiger partial charge in [0.2, 0.25) is 5.91 Å². The van der Waals surface area contributed by atoms with Crippen molar-refractivity contribution in [3.05, 3.63) is 29.3 Å². The topological polar surface area (TPSA) is 49.4 Å². The molecule has 0 bridgehead atoms. The third-order valence-corrected chi connectivity index (χ3v) is 2.81. The van der Waals surface area contributed by atoms with Crippen molar-refractivity contribution in [2.75, 3.05) is 12.4 Å². The van der Waals surface area contributed by atoms with E-state index in [1.54, 1.807) is 0 Å². The quantitative estimate of drug-likeness (QED) is 0.505. The number of halogens is 4. The zero-order chi connectivity index (χ0) is 14.3. The maximum atomic E-state index is 13.4. The molecule has 2 rings (SSSR count). The van der Waals surface area contributed by atoms with Gasteiger partial charge in [0.25, 0.3) is 5.91 Å². The molecular formula is C11H8F4N2O2. The molecule has 0 aromatic heterocycles. The summed E-state index contributed by atoms with van der Waals surface area (Å²) in [5.41, 5.74) is -1.10. The Morgan fingerprint density at radius 1 is 1.16 bits per heavy atom. The molecular weight excluding hydrogens is 268 g/mol. The number of anilines is 1. The first-order valence-electron chi connectivity index (χ1n) is 5.23. The van der Waals surface area contributed by atoms with Crippen molar-refractivity contribution in [2.45, 2.75) is 12.5 Å². The first kappa shape index (κ1) is 13.3. The number of hydrogen-bond acceptors (Lipinski definition) is 3. The Labute approximate surface area is 105 Å². The SMILES string of the molecule is CN1C(=O)CC(Nc2c(F)c(F)cc(F)c2F)C1=O. The van der Waals surface area contributed by atoms with Crippen molar-refractivity contribution >= 4 is 17.5 Å². The summed E-state index contributed by atoms with van der Waals surface area (Å²) in [4.78, 5) is 23.5. The highest BCUT2D eigenvalue weighted by Gasteiger charge is 2.37. The first-order chi connectivity index (χ1) is 8.82. The number of nitrogens with zero attached hydrogens (tertiary/aromatic N) is 1. The van der Waals surface area contributed by atoms with Crippen LogP contribution in [0.3, 0.4) is 0 Å². The van der Waals surface area contributed by atoms with Crippen LogP contribution in [0.25, 0.3) is 0 Å². The minimum Gasteiger partial charge on any atom is -0.368 e. The van der Waals surface area contributed by atoms with Gasteiger partial charge in [-0.05, 0) is 0 Å². The Bertz CT molecular complexity index is 550. The Hall–Kier alpha value is -2.12. The number of likely N-dealkylation sites (N-methyl/N-ethyl adjacent to an activating group) is 1. The van der Waals surface area contributed by atoms with Crippen molar-refractivity contribution in [1.82, 2.24) is 4.90 Å². The zero-order valence-corrected chi connectivity index (χ0v) is 9.64. The lowest BCUT2D eigenvalue weighted by Gasteiger charge is -2.14. The predicted octanol–water partition coefficient (Wildman–Crippen LogP) is 1.41. The van der Waals surface area contributed by atoms with Crippen LogP contribution in [-0.2, 0) is 9.59 Å². The van der Waals surface area contributed by atoms with Gasteiger partial charge in [0.1, 0.15) is 11.7 Å². The molecule has 0 aliphatic carbocycles. The maximum Gasteiger partial charge on any atom is 0.251 e. The van der Waals surface area contributed by atoms with Gasteiger partial charge in [-0.3, -0.25) is 14.5 Å². The molecule has 1 aromatic carbocycles. The number of amides is 2. The van der Waals surface area contributed by atoms with Crippen molar-refractivity contribution < 1.29 is 27.2 Å². The number of benzene rings is 1. The maximum absolute atomic E-state index is 13.4. The molecule has 19 heavy (non-hydrogen) atoms. The molecule has 1 N–H and O–H groups in total. The molecule has 1 heterocycles. The summed E-state index contributed by atoms with van der Waals surface area (Å²) in [6, 6.07) is -1.19. The van der Waals surface area contributed by atoms with Crippen molar-refractivity contribution in [3.63, 3.8) is 0 Å². The van der Waals surface area contributed by atoms with E-state index < -0.39 is 46.8 Å². The fourth-order valence-electron chi connectivity index (χ4n) is 1.74. The van der Waals surface area contributed by atoms with Crippen LogP contribution in [0.2, 0.25) is 0 Å². The molecule has 1 fully saturated rings. The van der Waals surface area contributed by atoms with Gasteiger partial charge in [-0.2, -0.15) is 0 Å². The van der Waals surface area contributed by atoms with E-state index >= 15 is 0 Å². The monoisotopic (exact) mass is 276 g/mol. The number of hydrogen-bond donors (Lipinski definition) is 1. The fourth-order valence-corrected chi connectivity index (χ4v) is 1.74. The van der Waals surface area contributed by atoms with Crippen LogP contribution in [0.1, 0.15) is 6.42 Å². The molecule has 0 spiro atoms. The van der Waals surface area contributed by atoms with E-state index in [2.05, 4.69) is 0 Å². The lowest BCUT2D eigenvalue weighted by Crippen LogP contribution is -2.32. The summed E-state index contributed by atoms with van der Waals surface area (Å²) in [6.07, 6.45) is -0.341.